The summed E-state index contributed by atoms with van der Waals surface area (Å²) in [4.78, 5) is 5.10. The molecule has 0 amide bonds. The van der Waals surface area contributed by atoms with Crippen LogP contribution in [0.5, 0.6) is 0 Å². The van der Waals surface area contributed by atoms with Gasteiger partial charge in [-0.1, -0.05) is 6.92 Å². The van der Waals surface area contributed by atoms with Crippen LogP contribution in [0.15, 0.2) is 0 Å². The van der Waals surface area contributed by atoms with Crippen LogP contribution in [0.2, 0.25) is 0 Å². The summed E-state index contributed by atoms with van der Waals surface area (Å²) in [5, 5.41) is 0. The largest absolute Gasteiger partial charge is 0.302 e. The highest BCUT2D eigenvalue weighted by molar-refractivity contribution is 7.80. The molecule has 0 spiro atoms. The quantitative estimate of drug-likeness (QED) is 0.690. The molecule has 78 valence electrons. The summed E-state index contributed by atoms with van der Waals surface area (Å²) in [5.74, 6) is 0.983. The smallest absolute Gasteiger partial charge is 0.0195 e. The molecule has 2 nitrogen and oxygen atoms in total. The van der Waals surface area contributed by atoms with Gasteiger partial charge in [-0.15, -0.1) is 0 Å². The zero-order chi connectivity index (χ0) is 9.68. The van der Waals surface area contributed by atoms with Crippen molar-refractivity contribution < 1.29 is 0 Å². The monoisotopic (exact) mass is 202 g/mol. The van der Waals surface area contributed by atoms with Crippen molar-refractivity contribution in [1.29, 1.82) is 0 Å². The van der Waals surface area contributed by atoms with E-state index < -0.39 is 0 Å². The number of thiol groups is 1. The lowest BCUT2D eigenvalue weighted by Gasteiger charge is -2.27. The summed E-state index contributed by atoms with van der Waals surface area (Å²) < 4.78 is 0. The van der Waals surface area contributed by atoms with Crippen molar-refractivity contribution in [3.63, 3.8) is 0 Å². The van der Waals surface area contributed by atoms with Gasteiger partial charge in [-0.3, -0.25) is 4.90 Å². The van der Waals surface area contributed by atoms with Crippen LogP contribution in [0.4, 0.5) is 0 Å². The van der Waals surface area contributed by atoms with Crippen LogP contribution in [-0.4, -0.2) is 54.3 Å². The van der Waals surface area contributed by atoms with Gasteiger partial charge in [0.1, 0.15) is 0 Å². The highest BCUT2D eigenvalue weighted by atomic mass is 32.1. The predicted octanol–water partition coefficient (Wildman–Crippen LogP) is 1.33. The van der Waals surface area contributed by atoms with Crippen molar-refractivity contribution in [2.45, 2.75) is 26.3 Å². The van der Waals surface area contributed by atoms with E-state index in [-0.39, 0.29) is 0 Å². The number of likely N-dealkylation sites (N-methyl/N-ethyl adjacent to an activating group) is 1. The van der Waals surface area contributed by atoms with E-state index in [0.29, 0.717) is 6.04 Å². The molecule has 1 fully saturated rings. The third-order valence-corrected chi connectivity index (χ3v) is 3.10. The van der Waals surface area contributed by atoms with Crippen LogP contribution in [-0.2, 0) is 0 Å². The molecule has 13 heavy (non-hydrogen) atoms. The Balaban J connectivity index is 2.41. The maximum atomic E-state index is 4.30. The maximum absolute atomic E-state index is 4.30. The average Bonchev–Trinajstić information content (AvgIpc) is 2.30. The Hall–Kier alpha value is 0.270. The Bertz CT molecular complexity index is 141. The van der Waals surface area contributed by atoms with Crippen molar-refractivity contribution in [3.05, 3.63) is 0 Å². The van der Waals surface area contributed by atoms with Crippen LogP contribution in [0.25, 0.3) is 0 Å². The molecule has 1 saturated heterocycles. The molecule has 1 atom stereocenters. The first kappa shape index (κ1) is 11.3. The summed E-state index contributed by atoms with van der Waals surface area (Å²) >= 11 is 4.30. The predicted molar refractivity (Wildman–Crippen MR) is 61.6 cm³/mol. The van der Waals surface area contributed by atoms with Gasteiger partial charge >= 0.3 is 0 Å². The third-order valence-electron chi connectivity index (χ3n) is 2.90. The van der Waals surface area contributed by atoms with E-state index in [1.54, 1.807) is 0 Å². The van der Waals surface area contributed by atoms with Gasteiger partial charge in [0, 0.05) is 24.9 Å². The molecule has 0 N–H and O–H groups in total. The summed E-state index contributed by atoms with van der Waals surface area (Å²) in [5.41, 5.74) is 0. The number of hydrogen-bond acceptors (Lipinski definition) is 3. The molecule has 0 aliphatic carbocycles. The SMILES string of the molecule is CCN1CCCN(CCS)C(C)C1. The van der Waals surface area contributed by atoms with Crippen LogP contribution in [0.3, 0.4) is 0 Å². The first-order chi connectivity index (χ1) is 6.27. The Morgan fingerprint density at radius 1 is 1.38 bits per heavy atom. The van der Waals surface area contributed by atoms with Crippen LogP contribution >= 0.6 is 12.6 Å². The minimum absolute atomic E-state index is 0.703. The normalized spacial score (nSPS) is 27.5. The minimum atomic E-state index is 0.703. The second-order valence-corrected chi connectivity index (χ2v) is 4.30. The van der Waals surface area contributed by atoms with E-state index in [2.05, 4.69) is 36.3 Å². The lowest BCUT2D eigenvalue weighted by Crippen LogP contribution is -2.39. The van der Waals surface area contributed by atoms with Crippen molar-refractivity contribution in [3.8, 4) is 0 Å². The molecule has 0 bridgehead atoms. The van der Waals surface area contributed by atoms with E-state index in [1.807, 2.05) is 0 Å². The third kappa shape index (κ3) is 3.49. The Kier molecular flexibility index (Phi) is 5.14. The molecule has 0 radical (unpaired) electrons. The minimum Gasteiger partial charge on any atom is -0.302 e. The van der Waals surface area contributed by atoms with Gasteiger partial charge in [0.25, 0.3) is 0 Å². The summed E-state index contributed by atoms with van der Waals surface area (Å²) in [7, 11) is 0. The Labute approximate surface area is 87.7 Å². The summed E-state index contributed by atoms with van der Waals surface area (Å²) in [6.45, 7) is 10.7. The van der Waals surface area contributed by atoms with E-state index in [1.165, 1.54) is 32.6 Å². The van der Waals surface area contributed by atoms with Crippen LogP contribution < -0.4 is 0 Å². The molecule has 0 aromatic heterocycles. The second kappa shape index (κ2) is 5.89. The molecule has 0 saturated carbocycles. The van der Waals surface area contributed by atoms with Crippen LogP contribution in [0.1, 0.15) is 20.3 Å². The van der Waals surface area contributed by atoms with E-state index in [4.69, 9.17) is 0 Å². The first-order valence-corrected chi connectivity index (χ1v) is 5.98. The average molecular weight is 202 g/mol. The lowest BCUT2D eigenvalue weighted by molar-refractivity contribution is 0.203. The second-order valence-electron chi connectivity index (χ2n) is 3.86. The summed E-state index contributed by atoms with van der Waals surface area (Å²) in [6, 6.07) is 0.703. The molecule has 1 aliphatic heterocycles. The maximum Gasteiger partial charge on any atom is 0.0195 e. The van der Waals surface area contributed by atoms with Crippen molar-refractivity contribution in [2.75, 3.05) is 38.5 Å². The van der Waals surface area contributed by atoms with Gasteiger partial charge in [-0.2, -0.15) is 12.6 Å². The van der Waals surface area contributed by atoms with Gasteiger partial charge in [-0.25, -0.2) is 0 Å². The van der Waals surface area contributed by atoms with E-state index >= 15 is 0 Å². The van der Waals surface area contributed by atoms with Gasteiger partial charge in [-0.05, 0) is 33.0 Å². The van der Waals surface area contributed by atoms with Crippen molar-refractivity contribution in [2.24, 2.45) is 0 Å². The molecule has 0 aromatic rings. The summed E-state index contributed by atoms with van der Waals surface area (Å²) in [6.07, 6.45) is 1.31. The zero-order valence-electron chi connectivity index (χ0n) is 8.87. The molecule has 1 aliphatic rings. The van der Waals surface area contributed by atoms with Gasteiger partial charge in [0.05, 0.1) is 0 Å². The fraction of sp³-hybridized carbons (Fsp3) is 1.00. The Morgan fingerprint density at radius 3 is 2.77 bits per heavy atom. The number of hydrogen-bond donors (Lipinski definition) is 1. The molecule has 1 rings (SSSR count). The van der Waals surface area contributed by atoms with Gasteiger partial charge in [0.2, 0.25) is 0 Å². The molecule has 1 heterocycles. The molecular weight excluding hydrogens is 180 g/mol. The topological polar surface area (TPSA) is 6.48 Å². The number of rotatable bonds is 3. The fourth-order valence-electron chi connectivity index (χ4n) is 2.05. The van der Waals surface area contributed by atoms with E-state index in [9.17, 15) is 0 Å². The lowest BCUT2D eigenvalue weighted by atomic mass is 10.3. The van der Waals surface area contributed by atoms with Crippen molar-refractivity contribution in [1.82, 2.24) is 9.80 Å². The standard InChI is InChI=1S/C10H22N2S/c1-3-11-5-4-6-12(7-8-13)10(2)9-11/h10,13H,3-9H2,1-2H3. The van der Waals surface area contributed by atoms with Crippen molar-refractivity contribution >= 4 is 12.6 Å². The first-order valence-electron chi connectivity index (χ1n) is 5.35. The van der Waals surface area contributed by atoms with Gasteiger partial charge < -0.3 is 4.90 Å². The Morgan fingerprint density at radius 2 is 2.15 bits per heavy atom. The highest BCUT2D eigenvalue weighted by Gasteiger charge is 2.19. The van der Waals surface area contributed by atoms with Crippen LogP contribution in [0, 0.1) is 0 Å². The molecule has 1 unspecified atom stereocenters. The molecule has 3 heteroatoms. The fourth-order valence-corrected chi connectivity index (χ4v) is 2.30. The zero-order valence-corrected chi connectivity index (χ0v) is 9.76. The van der Waals surface area contributed by atoms with Gasteiger partial charge in [0.15, 0.2) is 0 Å². The number of nitrogens with zero attached hydrogens (tertiary/aromatic N) is 2. The molecule has 0 aromatic carbocycles. The molecular formula is C10H22N2S. The highest BCUT2D eigenvalue weighted by Crippen LogP contribution is 2.09. The van der Waals surface area contributed by atoms with E-state index in [0.717, 1.165) is 12.3 Å².